The van der Waals surface area contributed by atoms with Crippen LogP contribution in [0.15, 0.2) is 52.9 Å². The van der Waals surface area contributed by atoms with Crippen LogP contribution in [0.2, 0.25) is 0 Å². The lowest BCUT2D eigenvalue weighted by atomic mass is 10.0. The van der Waals surface area contributed by atoms with Crippen LogP contribution in [0.4, 0.5) is 0 Å². The minimum atomic E-state index is -0.0291. The second kappa shape index (κ2) is 5.72. The maximum absolute atomic E-state index is 6.01. The van der Waals surface area contributed by atoms with Crippen LogP contribution in [-0.2, 0) is 6.42 Å². The number of para-hydroxylation sites is 1. The third kappa shape index (κ3) is 2.84. The van der Waals surface area contributed by atoms with E-state index in [4.69, 9.17) is 10.3 Å². The number of hydrogen-bond acceptors (Lipinski definition) is 3. The number of hydrogen-bond donors (Lipinski definition) is 2. The first-order valence-corrected chi connectivity index (χ1v) is 7.18. The predicted octanol–water partition coefficient (Wildman–Crippen LogP) is 3.80. The van der Waals surface area contributed by atoms with Crippen LogP contribution < -0.4 is 11.3 Å². The molecule has 1 heterocycles. The minimum absolute atomic E-state index is 0.0291. The van der Waals surface area contributed by atoms with Gasteiger partial charge in [-0.3, -0.25) is 5.84 Å². The van der Waals surface area contributed by atoms with Crippen molar-refractivity contribution in [3.63, 3.8) is 0 Å². The summed E-state index contributed by atoms with van der Waals surface area (Å²) in [6.07, 6.45) is 0.803. The van der Waals surface area contributed by atoms with Crippen molar-refractivity contribution < 1.29 is 4.42 Å². The van der Waals surface area contributed by atoms with Crippen molar-refractivity contribution in [2.24, 2.45) is 5.84 Å². The highest BCUT2D eigenvalue weighted by atomic mass is 16.3. The lowest BCUT2D eigenvalue weighted by Crippen LogP contribution is -2.29. The quantitative estimate of drug-likeness (QED) is 0.564. The Hall–Kier alpha value is -2.10. The molecule has 3 nitrogen and oxygen atoms in total. The van der Waals surface area contributed by atoms with E-state index in [0.29, 0.717) is 0 Å². The highest BCUT2D eigenvalue weighted by molar-refractivity contribution is 5.81. The van der Waals surface area contributed by atoms with Crippen molar-refractivity contribution in [1.82, 2.24) is 5.43 Å². The summed E-state index contributed by atoms with van der Waals surface area (Å²) in [5.41, 5.74) is 7.46. The molecule has 0 aliphatic heterocycles. The van der Waals surface area contributed by atoms with E-state index in [1.54, 1.807) is 0 Å². The second-order valence-electron chi connectivity index (χ2n) is 5.55. The largest absolute Gasteiger partial charge is 0.459 e. The monoisotopic (exact) mass is 280 g/mol. The number of nitrogens with one attached hydrogen (secondary N) is 1. The average molecular weight is 280 g/mol. The summed E-state index contributed by atoms with van der Waals surface area (Å²) in [5.74, 6) is 6.62. The van der Waals surface area contributed by atoms with Crippen molar-refractivity contribution in [2.45, 2.75) is 26.3 Å². The molecule has 1 unspecified atom stereocenters. The molecule has 0 aliphatic carbocycles. The molecule has 108 valence electrons. The summed E-state index contributed by atoms with van der Waals surface area (Å²) >= 11 is 0. The van der Waals surface area contributed by atoms with Crippen LogP contribution in [0.1, 0.15) is 28.5 Å². The maximum atomic E-state index is 6.01. The van der Waals surface area contributed by atoms with Crippen LogP contribution in [0.5, 0.6) is 0 Å². The zero-order chi connectivity index (χ0) is 14.8. The summed E-state index contributed by atoms with van der Waals surface area (Å²) < 4.78 is 6.01. The first-order valence-electron chi connectivity index (χ1n) is 7.18. The number of furan rings is 1. The molecular weight excluding hydrogens is 260 g/mol. The highest BCUT2D eigenvalue weighted by Crippen LogP contribution is 2.27. The Morgan fingerprint density at radius 3 is 2.62 bits per heavy atom. The van der Waals surface area contributed by atoms with E-state index in [1.807, 2.05) is 6.07 Å². The van der Waals surface area contributed by atoms with Gasteiger partial charge < -0.3 is 4.42 Å². The van der Waals surface area contributed by atoms with E-state index < -0.39 is 0 Å². The Labute approximate surface area is 124 Å². The first-order chi connectivity index (χ1) is 10.2. The molecule has 3 heteroatoms. The lowest BCUT2D eigenvalue weighted by molar-refractivity contribution is 0.434. The zero-order valence-electron chi connectivity index (χ0n) is 12.4. The van der Waals surface area contributed by atoms with Crippen LogP contribution in [0, 0.1) is 13.8 Å². The molecule has 3 rings (SSSR count). The number of benzene rings is 2. The first kappa shape index (κ1) is 13.9. The molecule has 3 N–H and O–H groups in total. The summed E-state index contributed by atoms with van der Waals surface area (Å²) in [5, 5.41) is 1.12. The van der Waals surface area contributed by atoms with Gasteiger partial charge in [0.15, 0.2) is 0 Å². The maximum Gasteiger partial charge on any atom is 0.137 e. The molecule has 0 saturated heterocycles. The molecule has 2 aromatic carbocycles. The molecule has 1 aromatic heterocycles. The fraction of sp³-hybridized carbons (Fsp3) is 0.222. The molecule has 0 spiro atoms. The minimum Gasteiger partial charge on any atom is -0.459 e. The average Bonchev–Trinajstić information content (AvgIpc) is 2.90. The van der Waals surface area contributed by atoms with Gasteiger partial charge >= 0.3 is 0 Å². The third-order valence-corrected chi connectivity index (χ3v) is 3.83. The fourth-order valence-corrected chi connectivity index (χ4v) is 2.72. The van der Waals surface area contributed by atoms with E-state index >= 15 is 0 Å². The van der Waals surface area contributed by atoms with Gasteiger partial charge in [0.1, 0.15) is 11.3 Å². The smallest absolute Gasteiger partial charge is 0.137 e. The van der Waals surface area contributed by atoms with E-state index in [0.717, 1.165) is 28.7 Å². The molecule has 0 radical (unpaired) electrons. The molecule has 0 aliphatic rings. The van der Waals surface area contributed by atoms with Crippen LogP contribution >= 0.6 is 0 Å². The van der Waals surface area contributed by atoms with Gasteiger partial charge in [-0.25, -0.2) is 5.43 Å². The van der Waals surface area contributed by atoms with Gasteiger partial charge in [-0.15, -0.1) is 0 Å². The van der Waals surface area contributed by atoms with Crippen molar-refractivity contribution in [2.75, 3.05) is 0 Å². The van der Waals surface area contributed by atoms with E-state index in [2.05, 4.69) is 61.7 Å². The molecular formula is C18H20N2O. The van der Waals surface area contributed by atoms with E-state index in [-0.39, 0.29) is 6.04 Å². The number of fused-ring (bicyclic) bond motifs is 1. The van der Waals surface area contributed by atoms with Crippen LogP contribution in [0.25, 0.3) is 11.0 Å². The second-order valence-corrected chi connectivity index (χ2v) is 5.55. The Bertz CT molecular complexity index is 761. The number of nitrogens with two attached hydrogens (primary N) is 1. The van der Waals surface area contributed by atoms with Gasteiger partial charge in [-0.2, -0.15) is 0 Å². The molecule has 0 saturated carbocycles. The summed E-state index contributed by atoms with van der Waals surface area (Å²) in [6.45, 7) is 4.15. The Morgan fingerprint density at radius 1 is 1.10 bits per heavy atom. The Balaban J connectivity index is 1.93. The van der Waals surface area contributed by atoms with Gasteiger partial charge in [0.05, 0.1) is 6.04 Å². The SMILES string of the molecule is Cc1cccc(CC(NN)c2cc3cccc(C)c3o2)c1. The molecule has 0 bridgehead atoms. The molecule has 3 aromatic rings. The van der Waals surface area contributed by atoms with E-state index in [1.165, 1.54) is 11.1 Å². The topological polar surface area (TPSA) is 51.2 Å². The normalized spacial score (nSPS) is 12.7. The summed E-state index contributed by atoms with van der Waals surface area (Å²) in [7, 11) is 0. The van der Waals surface area contributed by atoms with Crippen molar-refractivity contribution >= 4 is 11.0 Å². The summed E-state index contributed by atoms with van der Waals surface area (Å²) in [4.78, 5) is 0. The summed E-state index contributed by atoms with van der Waals surface area (Å²) in [6, 6.07) is 16.7. The fourth-order valence-electron chi connectivity index (χ4n) is 2.72. The highest BCUT2D eigenvalue weighted by Gasteiger charge is 2.16. The van der Waals surface area contributed by atoms with E-state index in [9.17, 15) is 0 Å². The number of rotatable bonds is 4. The van der Waals surface area contributed by atoms with Gasteiger partial charge in [0.25, 0.3) is 0 Å². The van der Waals surface area contributed by atoms with Crippen molar-refractivity contribution in [3.8, 4) is 0 Å². The van der Waals surface area contributed by atoms with Crippen molar-refractivity contribution in [1.29, 1.82) is 0 Å². The molecule has 21 heavy (non-hydrogen) atoms. The lowest BCUT2D eigenvalue weighted by Gasteiger charge is -2.13. The van der Waals surface area contributed by atoms with Crippen LogP contribution in [-0.4, -0.2) is 0 Å². The van der Waals surface area contributed by atoms with Gasteiger partial charge in [-0.05, 0) is 37.5 Å². The number of aryl methyl sites for hydroxylation is 2. The molecule has 0 fully saturated rings. The number of hydrazine groups is 1. The van der Waals surface area contributed by atoms with Crippen molar-refractivity contribution in [3.05, 3.63) is 71.0 Å². The molecule has 1 atom stereocenters. The van der Waals surface area contributed by atoms with Gasteiger partial charge in [-0.1, -0.05) is 48.0 Å². The predicted molar refractivity (Wildman–Crippen MR) is 85.9 cm³/mol. The zero-order valence-corrected chi connectivity index (χ0v) is 12.4. The molecule has 0 amide bonds. The standard InChI is InChI=1S/C18H20N2O/c1-12-5-3-7-14(9-12)10-16(20-19)17-11-15-8-4-6-13(2)18(15)21-17/h3-9,11,16,20H,10,19H2,1-2H3. The van der Waals surface area contributed by atoms with Gasteiger partial charge in [0, 0.05) is 5.39 Å². The third-order valence-electron chi connectivity index (χ3n) is 3.83. The Morgan fingerprint density at radius 2 is 1.90 bits per heavy atom. The van der Waals surface area contributed by atoms with Crippen LogP contribution in [0.3, 0.4) is 0 Å². The Kier molecular flexibility index (Phi) is 3.78. The van der Waals surface area contributed by atoms with Gasteiger partial charge in [0.2, 0.25) is 0 Å².